The van der Waals surface area contributed by atoms with E-state index < -0.39 is 17.7 Å². The Labute approximate surface area is 210 Å². The molecule has 34 heavy (non-hydrogen) atoms. The minimum atomic E-state index is -0.807. The Bertz CT molecular complexity index is 1190. The monoisotopic (exact) mass is 528 g/mol. The average molecular weight is 529 g/mol. The van der Waals surface area contributed by atoms with Crippen molar-refractivity contribution in [2.24, 2.45) is 0 Å². The summed E-state index contributed by atoms with van der Waals surface area (Å²) in [7, 11) is 0. The minimum absolute atomic E-state index is 0.0578. The second kappa shape index (κ2) is 11.0. The van der Waals surface area contributed by atoms with Crippen LogP contribution in [-0.4, -0.2) is 42.1 Å². The summed E-state index contributed by atoms with van der Waals surface area (Å²) in [5.41, 5.74) is 0.614. The van der Waals surface area contributed by atoms with Crippen molar-refractivity contribution >= 4 is 55.9 Å². The second-order valence-electron chi connectivity index (χ2n) is 8.07. The number of hydrogen-bond donors (Lipinski definition) is 2. The highest BCUT2D eigenvalue weighted by atomic mass is 35.5. The zero-order valence-corrected chi connectivity index (χ0v) is 20.8. The molecule has 0 aliphatic carbocycles. The van der Waals surface area contributed by atoms with E-state index >= 15 is 0 Å². The maximum absolute atomic E-state index is 14.7. The fourth-order valence-electron chi connectivity index (χ4n) is 3.89. The molecule has 6 nitrogen and oxygen atoms in total. The number of anilines is 1. The number of nitrogens with one attached hydrogen (secondary N) is 2. The van der Waals surface area contributed by atoms with Crippen molar-refractivity contribution in [3.8, 4) is 5.75 Å². The molecule has 4 rings (SSSR count). The molecule has 0 radical (unpaired) electrons. The summed E-state index contributed by atoms with van der Waals surface area (Å²) < 4.78 is 34.9. The van der Waals surface area contributed by atoms with E-state index in [2.05, 4.69) is 20.5 Å². The largest absolute Gasteiger partial charge is 0.483 e. The number of piperidine rings is 1. The molecule has 1 unspecified atom stereocenters. The number of aromatic nitrogens is 1. The number of likely N-dealkylation sites (tertiary alicyclic amines) is 1. The molecule has 3 aromatic rings. The van der Waals surface area contributed by atoms with E-state index in [0.29, 0.717) is 21.9 Å². The van der Waals surface area contributed by atoms with Crippen molar-refractivity contribution in [2.45, 2.75) is 32.3 Å². The highest BCUT2D eigenvalue weighted by Gasteiger charge is 2.21. The lowest BCUT2D eigenvalue weighted by molar-refractivity contribution is 0.216. The number of nitrogens with zero attached hydrogens (tertiary/aromatic N) is 2. The number of rotatable bonds is 7. The molecule has 0 saturated carbocycles. The molecule has 2 N–H and O–H groups in total. The fraction of sp³-hybridized carbons (Fsp3) is 0.391. The van der Waals surface area contributed by atoms with Crippen molar-refractivity contribution in [3.63, 3.8) is 0 Å². The van der Waals surface area contributed by atoms with Crippen molar-refractivity contribution in [1.29, 1.82) is 0 Å². The molecule has 2 amide bonds. The van der Waals surface area contributed by atoms with Gasteiger partial charge in [-0.25, -0.2) is 18.6 Å². The Morgan fingerprint density at radius 1 is 1.21 bits per heavy atom. The normalized spacial score (nSPS) is 15.3. The smallest absolute Gasteiger partial charge is 0.321 e. The van der Waals surface area contributed by atoms with Gasteiger partial charge >= 0.3 is 6.03 Å². The Morgan fingerprint density at radius 3 is 2.74 bits per heavy atom. The van der Waals surface area contributed by atoms with E-state index in [1.807, 2.05) is 0 Å². The molecular formula is C23H24Cl2F2N4O2S. The van der Waals surface area contributed by atoms with Gasteiger partial charge in [0.2, 0.25) is 0 Å². The van der Waals surface area contributed by atoms with Crippen LogP contribution >= 0.6 is 34.5 Å². The summed E-state index contributed by atoms with van der Waals surface area (Å²) in [6.07, 6.45) is 2.85. The van der Waals surface area contributed by atoms with E-state index in [1.54, 1.807) is 6.92 Å². The van der Waals surface area contributed by atoms with Crippen molar-refractivity contribution in [2.75, 3.05) is 31.5 Å². The van der Waals surface area contributed by atoms with E-state index in [9.17, 15) is 13.6 Å². The number of amides is 2. The van der Waals surface area contributed by atoms with E-state index in [4.69, 9.17) is 27.9 Å². The number of halogens is 4. The van der Waals surface area contributed by atoms with Crippen LogP contribution in [-0.2, 0) is 0 Å². The van der Waals surface area contributed by atoms with Crippen LogP contribution in [0.1, 0.15) is 37.9 Å². The van der Waals surface area contributed by atoms with Crippen LogP contribution in [0.5, 0.6) is 5.75 Å². The van der Waals surface area contributed by atoms with Gasteiger partial charge < -0.3 is 15.0 Å². The first-order valence-electron chi connectivity index (χ1n) is 11.0. The lowest BCUT2D eigenvalue weighted by Gasteiger charge is -2.26. The fourth-order valence-corrected chi connectivity index (χ4v) is 5.44. The summed E-state index contributed by atoms with van der Waals surface area (Å²) in [6.45, 7) is 5.06. The second-order valence-corrected chi connectivity index (χ2v) is 9.89. The van der Waals surface area contributed by atoms with Crippen molar-refractivity contribution < 1.29 is 18.3 Å². The third kappa shape index (κ3) is 5.89. The SMILES string of the molecule is CC(Oc1cc2sc(NC(=O)NCCN3CCCCC3)nc2cc1F)c1c(Cl)ccc(F)c1Cl. The molecule has 2 aromatic carbocycles. The Hall–Kier alpha value is -2.20. The van der Waals surface area contributed by atoms with Gasteiger partial charge in [-0.2, -0.15) is 0 Å². The van der Waals surface area contributed by atoms with Crippen molar-refractivity contribution in [1.82, 2.24) is 15.2 Å². The first-order chi connectivity index (χ1) is 16.3. The van der Waals surface area contributed by atoms with Crippen LogP contribution in [0.3, 0.4) is 0 Å². The van der Waals surface area contributed by atoms with E-state index in [0.717, 1.165) is 25.7 Å². The maximum Gasteiger partial charge on any atom is 0.321 e. The molecule has 1 fully saturated rings. The number of urea groups is 1. The van der Waals surface area contributed by atoms with Gasteiger partial charge in [0.15, 0.2) is 16.7 Å². The molecule has 11 heteroatoms. The third-order valence-electron chi connectivity index (χ3n) is 5.61. The molecular weight excluding hydrogens is 505 g/mol. The standard InChI is InChI=1S/C23H24Cl2F2N4O2S/c1-13(20-14(24)5-6-15(26)21(20)25)33-18-12-19-17(11-16(18)27)29-23(34-19)30-22(32)28-7-10-31-8-3-2-4-9-31/h5-6,11-13H,2-4,7-10H2,1H3,(H2,28,29,30,32). The number of thiazole rings is 1. The highest BCUT2D eigenvalue weighted by Crippen LogP contribution is 2.37. The summed E-state index contributed by atoms with van der Waals surface area (Å²) in [6, 6.07) is 4.87. The molecule has 1 aliphatic rings. The molecule has 1 aromatic heterocycles. The topological polar surface area (TPSA) is 66.5 Å². The van der Waals surface area contributed by atoms with Crippen LogP contribution in [0, 0.1) is 11.6 Å². The zero-order valence-electron chi connectivity index (χ0n) is 18.5. The van der Waals surface area contributed by atoms with Gasteiger partial charge in [0.05, 0.1) is 15.2 Å². The van der Waals surface area contributed by atoms with E-state index in [1.165, 1.54) is 48.8 Å². The summed E-state index contributed by atoms with van der Waals surface area (Å²) in [5.74, 6) is -1.34. The molecule has 1 atom stereocenters. The minimum Gasteiger partial charge on any atom is -0.483 e. The van der Waals surface area contributed by atoms with Crippen LogP contribution in [0.25, 0.3) is 10.2 Å². The van der Waals surface area contributed by atoms with Crippen LogP contribution in [0.15, 0.2) is 24.3 Å². The van der Waals surface area contributed by atoms with Gasteiger partial charge in [0.25, 0.3) is 0 Å². The van der Waals surface area contributed by atoms with Gasteiger partial charge in [-0.1, -0.05) is 41.0 Å². The predicted octanol–water partition coefficient (Wildman–Crippen LogP) is 6.63. The molecule has 182 valence electrons. The Morgan fingerprint density at radius 2 is 1.97 bits per heavy atom. The van der Waals surface area contributed by atoms with Crippen molar-refractivity contribution in [3.05, 3.63) is 51.5 Å². The summed E-state index contributed by atoms with van der Waals surface area (Å²) >= 11 is 13.4. The third-order valence-corrected chi connectivity index (χ3v) is 7.26. The van der Waals surface area contributed by atoms with E-state index in [-0.39, 0.29) is 27.4 Å². The number of ether oxygens (including phenoxy) is 1. The number of hydrogen-bond acceptors (Lipinski definition) is 5. The summed E-state index contributed by atoms with van der Waals surface area (Å²) in [5, 5.41) is 5.91. The number of fused-ring (bicyclic) bond motifs is 1. The molecule has 2 heterocycles. The molecule has 1 saturated heterocycles. The maximum atomic E-state index is 14.7. The van der Waals surface area contributed by atoms with Gasteiger partial charge in [0.1, 0.15) is 11.9 Å². The van der Waals surface area contributed by atoms with Gasteiger partial charge in [-0.05, 0) is 45.0 Å². The highest BCUT2D eigenvalue weighted by molar-refractivity contribution is 7.22. The number of carbonyl (C=O) groups excluding carboxylic acids is 1. The van der Waals surface area contributed by atoms with Gasteiger partial charge in [-0.15, -0.1) is 0 Å². The first kappa shape index (κ1) is 24.9. The Balaban J connectivity index is 1.40. The quantitative estimate of drug-likeness (QED) is 0.338. The first-order valence-corrected chi connectivity index (χ1v) is 12.6. The summed E-state index contributed by atoms with van der Waals surface area (Å²) in [4.78, 5) is 18.8. The lowest BCUT2D eigenvalue weighted by atomic mass is 10.1. The van der Waals surface area contributed by atoms with Gasteiger partial charge in [-0.3, -0.25) is 5.32 Å². The number of carbonyl (C=O) groups is 1. The van der Waals surface area contributed by atoms with Crippen LogP contribution < -0.4 is 15.4 Å². The van der Waals surface area contributed by atoms with Crippen LogP contribution in [0.2, 0.25) is 10.0 Å². The molecule has 0 spiro atoms. The zero-order chi connectivity index (χ0) is 24.2. The Kier molecular flexibility index (Phi) is 8.08. The molecule has 1 aliphatic heterocycles. The average Bonchev–Trinajstić information content (AvgIpc) is 3.18. The van der Waals surface area contributed by atoms with Gasteiger partial charge in [0, 0.05) is 35.8 Å². The number of benzene rings is 2. The lowest BCUT2D eigenvalue weighted by Crippen LogP contribution is -2.39. The predicted molar refractivity (Wildman–Crippen MR) is 132 cm³/mol. The van der Waals surface area contributed by atoms with Crippen LogP contribution in [0.4, 0.5) is 18.7 Å². The molecule has 0 bridgehead atoms.